The molecular formula is C13H12N4O3. The molecule has 2 aromatic heterocycles. The summed E-state index contributed by atoms with van der Waals surface area (Å²) in [6.07, 6.45) is 1.72. The number of benzene rings is 1. The highest BCUT2D eigenvalue weighted by Gasteiger charge is 2.17. The maximum Gasteiger partial charge on any atom is 0.337 e. The predicted molar refractivity (Wildman–Crippen MR) is 72.4 cm³/mol. The van der Waals surface area contributed by atoms with Gasteiger partial charge in [0.2, 0.25) is 0 Å². The monoisotopic (exact) mass is 272 g/mol. The molecule has 0 amide bonds. The Morgan fingerprint density at radius 2 is 2.15 bits per heavy atom. The van der Waals surface area contributed by atoms with E-state index in [-0.39, 0.29) is 11.3 Å². The number of aromatic carboxylic acids is 1. The summed E-state index contributed by atoms with van der Waals surface area (Å²) < 4.78 is 3.04. The van der Waals surface area contributed by atoms with Gasteiger partial charge in [-0.05, 0) is 19.1 Å². The number of H-pyrrole nitrogens is 1. The maximum absolute atomic E-state index is 12.2. The predicted octanol–water partition coefficient (Wildman–Crippen LogP) is 1.06. The molecule has 0 atom stereocenters. The van der Waals surface area contributed by atoms with Crippen molar-refractivity contribution in [2.45, 2.75) is 6.92 Å². The normalized spacial score (nSPS) is 11.1. The van der Waals surface area contributed by atoms with Crippen LogP contribution in [0.3, 0.4) is 0 Å². The number of carbonyl (C=O) groups is 1. The summed E-state index contributed by atoms with van der Waals surface area (Å²) >= 11 is 0. The molecule has 20 heavy (non-hydrogen) atoms. The number of nitrogens with zero attached hydrogens (tertiary/aromatic N) is 3. The first-order chi connectivity index (χ1) is 9.49. The zero-order valence-electron chi connectivity index (χ0n) is 10.9. The number of carboxylic acid groups (broad SMARTS) is 1. The number of aryl methyl sites for hydroxylation is 2. The van der Waals surface area contributed by atoms with Crippen molar-refractivity contribution in [1.82, 2.24) is 19.3 Å². The van der Waals surface area contributed by atoms with Crippen LogP contribution in [0.25, 0.3) is 16.7 Å². The Morgan fingerprint density at radius 3 is 2.75 bits per heavy atom. The van der Waals surface area contributed by atoms with Crippen LogP contribution in [0.5, 0.6) is 0 Å². The van der Waals surface area contributed by atoms with Crippen molar-refractivity contribution in [2.24, 2.45) is 7.05 Å². The molecule has 1 aromatic carbocycles. The smallest absolute Gasteiger partial charge is 0.337 e. The van der Waals surface area contributed by atoms with Gasteiger partial charge in [-0.2, -0.15) is 5.10 Å². The summed E-state index contributed by atoms with van der Waals surface area (Å²) in [5.74, 6) is -1.08. The molecule has 2 heterocycles. The van der Waals surface area contributed by atoms with Gasteiger partial charge in [0.05, 0.1) is 28.0 Å². The van der Waals surface area contributed by atoms with E-state index in [1.165, 1.54) is 10.6 Å². The van der Waals surface area contributed by atoms with E-state index >= 15 is 0 Å². The highest BCUT2D eigenvalue weighted by molar-refractivity contribution is 6.01. The van der Waals surface area contributed by atoms with Crippen LogP contribution in [0.4, 0.5) is 0 Å². The second-order valence-corrected chi connectivity index (χ2v) is 4.54. The van der Waals surface area contributed by atoms with Gasteiger partial charge in [-0.15, -0.1) is 0 Å². The van der Waals surface area contributed by atoms with Crippen LogP contribution in [-0.2, 0) is 7.05 Å². The van der Waals surface area contributed by atoms with E-state index in [1.807, 2.05) is 0 Å². The van der Waals surface area contributed by atoms with Crippen LogP contribution >= 0.6 is 0 Å². The van der Waals surface area contributed by atoms with Crippen LogP contribution in [-0.4, -0.2) is 30.4 Å². The lowest BCUT2D eigenvalue weighted by atomic mass is 10.2. The molecule has 0 radical (unpaired) electrons. The molecule has 7 heteroatoms. The van der Waals surface area contributed by atoms with Gasteiger partial charge in [-0.1, -0.05) is 6.07 Å². The molecule has 3 aromatic rings. The largest absolute Gasteiger partial charge is 0.478 e. The molecule has 0 saturated heterocycles. The highest BCUT2D eigenvalue weighted by atomic mass is 16.4. The third-order valence-electron chi connectivity index (χ3n) is 3.18. The average molecular weight is 272 g/mol. The van der Waals surface area contributed by atoms with Crippen molar-refractivity contribution in [2.75, 3.05) is 0 Å². The molecule has 7 nitrogen and oxygen atoms in total. The van der Waals surface area contributed by atoms with E-state index in [1.54, 1.807) is 37.0 Å². The fraction of sp³-hybridized carbons (Fsp3) is 0.154. The first-order valence-corrected chi connectivity index (χ1v) is 5.96. The van der Waals surface area contributed by atoms with E-state index in [0.717, 1.165) is 0 Å². The van der Waals surface area contributed by atoms with Gasteiger partial charge in [-0.25, -0.2) is 9.59 Å². The Hall–Kier alpha value is -2.83. The van der Waals surface area contributed by atoms with E-state index in [2.05, 4.69) is 10.1 Å². The summed E-state index contributed by atoms with van der Waals surface area (Å²) in [6, 6.07) is 4.77. The minimum Gasteiger partial charge on any atom is -0.478 e. The van der Waals surface area contributed by atoms with Gasteiger partial charge in [0, 0.05) is 13.2 Å². The second-order valence-electron chi connectivity index (χ2n) is 4.54. The number of hydrogen-bond acceptors (Lipinski definition) is 3. The Labute approximate surface area is 113 Å². The lowest BCUT2D eigenvalue weighted by Crippen LogP contribution is -2.14. The van der Waals surface area contributed by atoms with Crippen molar-refractivity contribution in [3.63, 3.8) is 0 Å². The molecule has 0 saturated carbocycles. The summed E-state index contributed by atoms with van der Waals surface area (Å²) in [6.45, 7) is 1.79. The highest BCUT2D eigenvalue weighted by Crippen LogP contribution is 2.20. The number of aromatic amines is 1. The van der Waals surface area contributed by atoms with Crippen molar-refractivity contribution >= 4 is 17.0 Å². The number of aromatic nitrogens is 4. The van der Waals surface area contributed by atoms with Gasteiger partial charge in [0.25, 0.3) is 0 Å². The van der Waals surface area contributed by atoms with Gasteiger partial charge >= 0.3 is 11.7 Å². The minimum absolute atomic E-state index is 0.0693. The minimum atomic E-state index is -1.08. The number of hydrogen-bond donors (Lipinski definition) is 2. The lowest BCUT2D eigenvalue weighted by Gasteiger charge is -2.01. The fourth-order valence-corrected chi connectivity index (χ4v) is 2.35. The van der Waals surface area contributed by atoms with Gasteiger partial charge in [0.15, 0.2) is 0 Å². The van der Waals surface area contributed by atoms with Crippen molar-refractivity contribution in [1.29, 1.82) is 0 Å². The Kier molecular flexibility index (Phi) is 2.50. The molecular weight excluding hydrogens is 260 g/mol. The van der Waals surface area contributed by atoms with Gasteiger partial charge in [-0.3, -0.25) is 9.25 Å². The van der Waals surface area contributed by atoms with Crippen LogP contribution in [0.1, 0.15) is 16.1 Å². The van der Waals surface area contributed by atoms with Gasteiger partial charge < -0.3 is 10.1 Å². The molecule has 102 valence electrons. The number of fused-ring (bicyclic) bond motifs is 1. The summed E-state index contributed by atoms with van der Waals surface area (Å²) in [5.41, 5.74) is 1.84. The van der Waals surface area contributed by atoms with E-state index in [9.17, 15) is 9.59 Å². The molecule has 0 unspecified atom stereocenters. The maximum atomic E-state index is 12.2. The number of rotatable bonds is 2. The number of carboxylic acids is 1. The Morgan fingerprint density at radius 1 is 1.40 bits per heavy atom. The van der Waals surface area contributed by atoms with Crippen molar-refractivity contribution in [3.8, 4) is 5.69 Å². The lowest BCUT2D eigenvalue weighted by molar-refractivity contribution is 0.0699. The summed E-state index contributed by atoms with van der Waals surface area (Å²) in [4.78, 5) is 25.9. The van der Waals surface area contributed by atoms with E-state index in [0.29, 0.717) is 22.4 Å². The fourth-order valence-electron chi connectivity index (χ4n) is 2.35. The Balaban J connectivity index is 2.41. The number of imidazole rings is 1. The third kappa shape index (κ3) is 1.63. The third-order valence-corrected chi connectivity index (χ3v) is 3.18. The first-order valence-electron chi connectivity index (χ1n) is 5.96. The molecule has 2 N–H and O–H groups in total. The van der Waals surface area contributed by atoms with Gasteiger partial charge in [0.1, 0.15) is 0 Å². The summed E-state index contributed by atoms with van der Waals surface area (Å²) in [5, 5.41) is 13.4. The zero-order chi connectivity index (χ0) is 14.4. The quantitative estimate of drug-likeness (QED) is 0.729. The van der Waals surface area contributed by atoms with Crippen LogP contribution in [0.15, 0.2) is 29.2 Å². The van der Waals surface area contributed by atoms with E-state index < -0.39 is 5.97 Å². The standard InChI is InChI=1S/C13H12N4O3/c1-7-10(6-16(2)15-7)17-9-5-3-4-8(12(18)19)11(9)14-13(17)20/h3-6H,1-2H3,(H,14,20)(H,18,19). The summed E-state index contributed by atoms with van der Waals surface area (Å²) in [7, 11) is 1.76. The van der Waals surface area contributed by atoms with Crippen LogP contribution in [0, 0.1) is 6.92 Å². The molecule has 0 aliphatic carbocycles. The molecule has 0 fully saturated rings. The zero-order valence-corrected chi connectivity index (χ0v) is 10.9. The van der Waals surface area contributed by atoms with Crippen molar-refractivity contribution < 1.29 is 9.90 Å². The molecule has 0 bridgehead atoms. The second kappa shape index (κ2) is 4.09. The first kappa shape index (κ1) is 12.2. The number of nitrogens with one attached hydrogen (secondary N) is 1. The number of para-hydroxylation sites is 1. The topological polar surface area (TPSA) is 92.9 Å². The Bertz CT molecular complexity index is 885. The molecule has 0 aliphatic heterocycles. The SMILES string of the molecule is Cc1nn(C)cc1-n1c(=O)[nH]c2c(C(=O)O)cccc21. The molecule has 0 spiro atoms. The van der Waals surface area contributed by atoms with Crippen molar-refractivity contribution in [3.05, 3.63) is 46.1 Å². The van der Waals surface area contributed by atoms with Crippen LogP contribution in [0.2, 0.25) is 0 Å². The van der Waals surface area contributed by atoms with E-state index in [4.69, 9.17) is 5.11 Å². The molecule has 3 rings (SSSR count). The molecule has 0 aliphatic rings. The van der Waals surface area contributed by atoms with Crippen LogP contribution < -0.4 is 5.69 Å². The average Bonchev–Trinajstić information content (AvgIpc) is 2.87.